The summed E-state index contributed by atoms with van der Waals surface area (Å²) in [6.07, 6.45) is 62.1. The van der Waals surface area contributed by atoms with E-state index >= 15 is 0 Å². The third kappa shape index (κ3) is 45.0. The van der Waals surface area contributed by atoms with Crippen LogP contribution in [-0.4, -0.2) is 37.2 Å². The second-order valence-corrected chi connectivity index (χ2v) is 15.0. The lowest BCUT2D eigenvalue weighted by Gasteiger charge is -2.18. The van der Waals surface area contributed by atoms with Gasteiger partial charge in [-0.1, -0.05) is 182 Å². The van der Waals surface area contributed by atoms with Gasteiger partial charge in [0.05, 0.1) is 0 Å². The van der Waals surface area contributed by atoms with Crippen molar-refractivity contribution < 1.29 is 28.6 Å². The van der Waals surface area contributed by atoms with Crippen LogP contribution >= 0.6 is 0 Å². The lowest BCUT2D eigenvalue weighted by Crippen LogP contribution is -2.30. The Morgan fingerprint density at radius 3 is 1.17 bits per heavy atom. The Morgan fingerprint density at radius 1 is 0.356 bits per heavy atom. The Hall–Kier alpha value is -3.93. The van der Waals surface area contributed by atoms with Crippen LogP contribution in [0.15, 0.2) is 109 Å². The fourth-order valence-electron chi connectivity index (χ4n) is 5.91. The molecule has 6 nitrogen and oxygen atoms in total. The Labute approximate surface area is 361 Å². The van der Waals surface area contributed by atoms with Gasteiger partial charge in [-0.15, -0.1) is 0 Å². The minimum Gasteiger partial charge on any atom is -0.462 e. The first-order chi connectivity index (χ1) is 29.0. The molecule has 0 saturated heterocycles. The largest absolute Gasteiger partial charge is 0.462 e. The molecular formula is C53H84O6. The van der Waals surface area contributed by atoms with Crippen LogP contribution in [0.25, 0.3) is 0 Å². The van der Waals surface area contributed by atoms with E-state index in [0.29, 0.717) is 19.3 Å². The topological polar surface area (TPSA) is 78.9 Å². The number of carbonyl (C=O) groups is 3. The van der Waals surface area contributed by atoms with E-state index in [1.807, 2.05) is 36.5 Å². The van der Waals surface area contributed by atoms with Crippen molar-refractivity contribution in [3.63, 3.8) is 0 Å². The number of hydrogen-bond acceptors (Lipinski definition) is 6. The summed E-state index contributed by atoms with van der Waals surface area (Å²) in [6.45, 7) is 6.19. The second-order valence-electron chi connectivity index (χ2n) is 15.0. The average Bonchev–Trinajstić information content (AvgIpc) is 3.23. The van der Waals surface area contributed by atoms with E-state index in [9.17, 15) is 14.4 Å². The highest BCUT2D eigenvalue weighted by molar-refractivity contribution is 5.71. The summed E-state index contributed by atoms with van der Waals surface area (Å²) < 4.78 is 16.7. The van der Waals surface area contributed by atoms with Crippen LogP contribution in [0.3, 0.4) is 0 Å². The van der Waals surface area contributed by atoms with Gasteiger partial charge in [-0.05, 0) is 96.3 Å². The number of allylic oxidation sites excluding steroid dienone is 18. The molecular weight excluding hydrogens is 733 g/mol. The van der Waals surface area contributed by atoms with Gasteiger partial charge in [0.25, 0.3) is 0 Å². The van der Waals surface area contributed by atoms with Gasteiger partial charge in [-0.3, -0.25) is 14.4 Å². The third-order valence-electron chi connectivity index (χ3n) is 9.35. The molecule has 0 amide bonds. The third-order valence-corrected chi connectivity index (χ3v) is 9.35. The van der Waals surface area contributed by atoms with Crippen LogP contribution in [-0.2, 0) is 28.6 Å². The zero-order chi connectivity index (χ0) is 43.0. The summed E-state index contributed by atoms with van der Waals surface area (Å²) in [7, 11) is 0. The summed E-state index contributed by atoms with van der Waals surface area (Å²) in [5.41, 5.74) is 0. The first-order valence-corrected chi connectivity index (χ1v) is 23.4. The van der Waals surface area contributed by atoms with Gasteiger partial charge < -0.3 is 14.2 Å². The molecule has 1 unspecified atom stereocenters. The molecule has 0 aromatic carbocycles. The van der Waals surface area contributed by atoms with Crippen molar-refractivity contribution in [2.45, 2.75) is 194 Å². The van der Waals surface area contributed by atoms with Gasteiger partial charge in [-0.2, -0.15) is 0 Å². The highest BCUT2D eigenvalue weighted by Crippen LogP contribution is 2.12. The molecule has 0 N–H and O–H groups in total. The molecule has 332 valence electrons. The zero-order valence-corrected chi connectivity index (χ0v) is 37.7. The molecule has 0 bridgehead atoms. The molecule has 6 heteroatoms. The quantitative estimate of drug-likeness (QED) is 0.0201. The lowest BCUT2D eigenvalue weighted by atomic mass is 10.1. The van der Waals surface area contributed by atoms with E-state index in [0.717, 1.165) is 128 Å². The molecule has 59 heavy (non-hydrogen) atoms. The van der Waals surface area contributed by atoms with E-state index in [1.54, 1.807) is 0 Å². The van der Waals surface area contributed by atoms with Crippen molar-refractivity contribution >= 4 is 17.9 Å². The molecule has 0 saturated carbocycles. The van der Waals surface area contributed by atoms with E-state index in [-0.39, 0.29) is 37.5 Å². The maximum atomic E-state index is 12.7. The summed E-state index contributed by atoms with van der Waals surface area (Å²) in [5, 5.41) is 0. The van der Waals surface area contributed by atoms with Crippen LogP contribution in [0, 0.1) is 0 Å². The SMILES string of the molecule is CC\C=C/C=C\C=C/C=C\CCCCCC(=O)OC(COC(=O)CCCCCCC/C=C\C/C=C\CC)COC(=O)CCCCCCCC/C=C\C/C=C\C/C=C\CC. The number of unbranched alkanes of at least 4 members (excludes halogenated alkanes) is 14. The van der Waals surface area contributed by atoms with Crippen molar-refractivity contribution in [2.75, 3.05) is 13.2 Å². The Morgan fingerprint density at radius 2 is 0.695 bits per heavy atom. The Kier molecular flexibility index (Phi) is 43.6. The molecule has 0 aromatic heterocycles. The fourth-order valence-corrected chi connectivity index (χ4v) is 5.91. The molecule has 0 aromatic rings. The first-order valence-electron chi connectivity index (χ1n) is 23.4. The molecule has 0 spiro atoms. The molecule has 0 fully saturated rings. The van der Waals surface area contributed by atoms with Crippen LogP contribution in [0.4, 0.5) is 0 Å². The molecule has 0 aliphatic heterocycles. The smallest absolute Gasteiger partial charge is 0.306 e. The molecule has 0 rings (SSSR count). The molecule has 0 radical (unpaired) electrons. The number of hydrogen-bond donors (Lipinski definition) is 0. The summed E-state index contributed by atoms with van der Waals surface area (Å²) in [6, 6.07) is 0. The summed E-state index contributed by atoms with van der Waals surface area (Å²) >= 11 is 0. The Bertz CT molecular complexity index is 1260. The van der Waals surface area contributed by atoms with Gasteiger partial charge in [0.15, 0.2) is 6.10 Å². The highest BCUT2D eigenvalue weighted by Gasteiger charge is 2.19. The standard InChI is InChI=1S/C53H84O6/c1-4-7-10-13-16-19-22-25-26-27-29-31-34-37-40-43-46-52(55)58-49-50(48-57-51(54)45-42-39-36-33-30-24-21-18-15-12-9-6-3)59-53(56)47-44-41-38-35-32-28-23-20-17-14-11-8-5-2/h7-12,14,16-21,23,25-26,28,32,50H,4-6,13,15,22,24,27,29-31,33-49H2,1-3H3/b10-7-,11-8-,12-9-,17-14-,19-16-,21-18-,23-20-,26-25-,32-28-. The predicted molar refractivity (Wildman–Crippen MR) is 251 cm³/mol. The van der Waals surface area contributed by atoms with Gasteiger partial charge in [0.1, 0.15) is 13.2 Å². The summed E-state index contributed by atoms with van der Waals surface area (Å²) in [5.74, 6) is -0.986. The highest BCUT2D eigenvalue weighted by atomic mass is 16.6. The molecule has 0 heterocycles. The maximum absolute atomic E-state index is 12.7. The Balaban J connectivity index is 4.50. The van der Waals surface area contributed by atoms with Gasteiger partial charge in [0, 0.05) is 19.3 Å². The van der Waals surface area contributed by atoms with E-state index in [2.05, 4.69) is 93.7 Å². The minimum atomic E-state index is -0.810. The second kappa shape index (κ2) is 46.8. The monoisotopic (exact) mass is 817 g/mol. The van der Waals surface area contributed by atoms with Crippen molar-refractivity contribution in [3.8, 4) is 0 Å². The van der Waals surface area contributed by atoms with Crippen molar-refractivity contribution in [3.05, 3.63) is 109 Å². The first kappa shape index (κ1) is 55.1. The number of carbonyl (C=O) groups excluding carboxylic acids is 3. The number of esters is 3. The molecule has 0 aliphatic carbocycles. The molecule has 1 atom stereocenters. The maximum Gasteiger partial charge on any atom is 0.306 e. The van der Waals surface area contributed by atoms with Gasteiger partial charge in [0.2, 0.25) is 0 Å². The summed E-state index contributed by atoms with van der Waals surface area (Å²) in [4.78, 5) is 37.8. The van der Waals surface area contributed by atoms with Gasteiger partial charge in [-0.25, -0.2) is 0 Å². The van der Waals surface area contributed by atoms with Crippen molar-refractivity contribution in [2.24, 2.45) is 0 Å². The van der Waals surface area contributed by atoms with Gasteiger partial charge >= 0.3 is 17.9 Å². The number of ether oxygens (including phenoxy) is 3. The fraction of sp³-hybridized carbons (Fsp3) is 0.604. The van der Waals surface area contributed by atoms with E-state index in [1.165, 1.54) is 12.8 Å². The molecule has 0 aliphatic rings. The van der Waals surface area contributed by atoms with Crippen LogP contribution < -0.4 is 0 Å². The predicted octanol–water partition coefficient (Wildman–Crippen LogP) is 15.2. The van der Waals surface area contributed by atoms with Crippen molar-refractivity contribution in [1.82, 2.24) is 0 Å². The van der Waals surface area contributed by atoms with Crippen LogP contribution in [0.1, 0.15) is 188 Å². The van der Waals surface area contributed by atoms with Crippen LogP contribution in [0.5, 0.6) is 0 Å². The minimum absolute atomic E-state index is 0.108. The van der Waals surface area contributed by atoms with E-state index in [4.69, 9.17) is 14.2 Å². The number of rotatable bonds is 40. The zero-order valence-electron chi connectivity index (χ0n) is 37.7. The normalized spacial score (nSPS) is 13.1. The lowest BCUT2D eigenvalue weighted by molar-refractivity contribution is -0.167. The average molecular weight is 817 g/mol. The van der Waals surface area contributed by atoms with Crippen molar-refractivity contribution in [1.29, 1.82) is 0 Å². The van der Waals surface area contributed by atoms with E-state index < -0.39 is 6.10 Å². The van der Waals surface area contributed by atoms with Crippen LogP contribution in [0.2, 0.25) is 0 Å².